The van der Waals surface area contributed by atoms with E-state index in [1.165, 1.54) is 0 Å². The number of nitrogens with zero attached hydrogens (tertiary/aromatic N) is 2. The summed E-state index contributed by atoms with van der Waals surface area (Å²) in [6.07, 6.45) is -4.42. The monoisotopic (exact) mass is 312 g/mol. The zero-order valence-corrected chi connectivity index (χ0v) is 8.98. The van der Waals surface area contributed by atoms with Gasteiger partial charge in [-0.05, 0) is 0 Å². The first kappa shape index (κ1) is 16.1. The van der Waals surface area contributed by atoms with Gasteiger partial charge in [-0.1, -0.05) is 0 Å². The van der Waals surface area contributed by atoms with E-state index in [4.69, 9.17) is 0 Å². The van der Waals surface area contributed by atoms with Gasteiger partial charge in [0.1, 0.15) is 6.33 Å². The number of hydrogen-bond donors (Lipinski definition) is 2. The Morgan fingerprint density at radius 2 is 1.75 bits per heavy atom. The molecule has 0 aromatic carbocycles. The number of amides is 1. The van der Waals surface area contributed by atoms with Crippen LogP contribution in [0.2, 0.25) is 0 Å². The van der Waals surface area contributed by atoms with E-state index in [0.29, 0.717) is 6.33 Å². The van der Waals surface area contributed by atoms with E-state index in [1.54, 1.807) is 5.10 Å². The van der Waals surface area contributed by atoms with Crippen LogP contribution < -0.4 is 5.32 Å². The van der Waals surface area contributed by atoms with Crippen LogP contribution in [0.15, 0.2) is 6.33 Å². The molecule has 1 aromatic heterocycles. The van der Waals surface area contributed by atoms with E-state index in [2.05, 4.69) is 10.1 Å². The van der Waals surface area contributed by atoms with Crippen molar-refractivity contribution in [1.82, 2.24) is 15.2 Å². The van der Waals surface area contributed by atoms with Crippen LogP contribution in [0, 0.1) is 0 Å². The zero-order chi connectivity index (χ0) is 15.8. The van der Waals surface area contributed by atoms with Gasteiger partial charge in [-0.25, -0.2) is 13.9 Å². The van der Waals surface area contributed by atoms with Crippen molar-refractivity contribution < 1.29 is 39.9 Å². The molecule has 1 amide bonds. The van der Waals surface area contributed by atoms with Crippen LogP contribution in [0.3, 0.4) is 0 Å². The topological polar surface area (TPSA) is 70.7 Å². The second-order valence-electron chi connectivity index (χ2n) is 3.36. The molecule has 0 unspecified atom stereocenters. The Hall–Kier alpha value is -1.95. The molecule has 0 spiro atoms. The molecular weight excluding hydrogens is 308 g/mol. The second kappa shape index (κ2) is 4.86. The number of halogens is 8. The van der Waals surface area contributed by atoms with Gasteiger partial charge in [0.2, 0.25) is 5.95 Å². The third-order valence-electron chi connectivity index (χ3n) is 2.02. The molecule has 0 bridgehead atoms. The first-order valence-electron chi connectivity index (χ1n) is 4.53. The zero-order valence-electron chi connectivity index (χ0n) is 8.98. The van der Waals surface area contributed by atoms with Crippen molar-refractivity contribution in [3.8, 4) is 0 Å². The highest BCUT2D eigenvalue weighted by Crippen LogP contribution is 2.48. The molecule has 1 heterocycles. The number of rotatable bonds is 5. The summed E-state index contributed by atoms with van der Waals surface area (Å²) < 4.78 is 100. The van der Waals surface area contributed by atoms with Crippen LogP contribution in [0.25, 0.3) is 0 Å². The summed E-state index contributed by atoms with van der Waals surface area (Å²) >= 11 is 0. The van der Waals surface area contributed by atoms with Crippen LogP contribution in [-0.2, 0) is 4.79 Å². The van der Waals surface area contributed by atoms with Crippen molar-refractivity contribution in [2.24, 2.45) is 0 Å². The van der Waals surface area contributed by atoms with Crippen molar-refractivity contribution in [3.63, 3.8) is 0 Å². The molecule has 2 N–H and O–H groups in total. The Bertz CT molecular complexity index is 473. The maximum Gasteiger partial charge on any atom is 0.393 e. The number of nitrogens with one attached hydrogen (secondary N) is 2. The molecule has 13 heteroatoms. The maximum atomic E-state index is 13.0. The number of alkyl halides is 8. The summed E-state index contributed by atoms with van der Waals surface area (Å²) in [4.78, 5) is 13.9. The van der Waals surface area contributed by atoms with E-state index >= 15 is 0 Å². The number of H-pyrrole nitrogens is 1. The lowest BCUT2D eigenvalue weighted by Crippen LogP contribution is -2.61. The van der Waals surface area contributed by atoms with Crippen LogP contribution >= 0.6 is 0 Å². The van der Waals surface area contributed by atoms with E-state index in [9.17, 15) is 39.9 Å². The van der Waals surface area contributed by atoms with Gasteiger partial charge < -0.3 is 0 Å². The Morgan fingerprint density at radius 3 is 2.15 bits per heavy atom. The van der Waals surface area contributed by atoms with E-state index in [-0.39, 0.29) is 0 Å². The maximum absolute atomic E-state index is 13.0. The molecular formula is C7H4F8N4O. The molecule has 0 fully saturated rings. The summed E-state index contributed by atoms with van der Waals surface area (Å²) in [6, 6.07) is 0. The predicted octanol–water partition coefficient (Wildman–Crippen LogP) is 1.91. The van der Waals surface area contributed by atoms with Gasteiger partial charge in [0.15, 0.2) is 0 Å². The van der Waals surface area contributed by atoms with Gasteiger partial charge in [0, 0.05) is 0 Å². The average molecular weight is 312 g/mol. The number of carbonyl (C=O) groups excluding carboxylic acids is 1. The van der Waals surface area contributed by atoms with Crippen molar-refractivity contribution >= 4 is 11.9 Å². The quantitative estimate of drug-likeness (QED) is 0.816. The minimum Gasteiger partial charge on any atom is -0.289 e. The van der Waals surface area contributed by atoms with Gasteiger partial charge >= 0.3 is 30.1 Å². The van der Waals surface area contributed by atoms with Crippen molar-refractivity contribution in [3.05, 3.63) is 6.33 Å². The third kappa shape index (κ3) is 2.38. The first-order chi connectivity index (χ1) is 8.94. The fraction of sp³-hybridized carbons (Fsp3) is 0.571. The van der Waals surface area contributed by atoms with Crippen LogP contribution in [0.1, 0.15) is 0 Å². The molecule has 20 heavy (non-hydrogen) atoms. The summed E-state index contributed by atoms with van der Waals surface area (Å²) in [5, 5.41) is 5.79. The van der Waals surface area contributed by atoms with Gasteiger partial charge in [0.05, 0.1) is 0 Å². The minimum atomic E-state index is -6.61. The third-order valence-corrected chi connectivity index (χ3v) is 2.02. The number of aromatic amines is 1. The normalized spacial score (nSPS) is 13.7. The largest absolute Gasteiger partial charge is 0.393 e. The standard InChI is InChI=1S/C7H4F8N4O/c8-2(9)5(10,11)7(14,15)6(12,13)3(20)18-4-16-1-17-19-4/h1-2H,(H2,16,17,18,19,20). The lowest BCUT2D eigenvalue weighted by Gasteiger charge is -2.30. The highest BCUT2D eigenvalue weighted by Gasteiger charge is 2.78. The van der Waals surface area contributed by atoms with Crippen molar-refractivity contribution in [1.29, 1.82) is 0 Å². The molecule has 0 saturated carbocycles. The molecule has 0 radical (unpaired) electrons. The smallest absolute Gasteiger partial charge is 0.289 e. The molecule has 0 atom stereocenters. The number of carbonyl (C=O) groups is 1. The summed E-state index contributed by atoms with van der Waals surface area (Å²) in [6.45, 7) is 0. The minimum absolute atomic E-state index is 0.680. The number of anilines is 1. The van der Waals surface area contributed by atoms with Crippen LogP contribution in [-0.4, -0.2) is 45.3 Å². The van der Waals surface area contributed by atoms with E-state index in [1.807, 2.05) is 0 Å². The van der Waals surface area contributed by atoms with Gasteiger partial charge in [-0.15, -0.1) is 0 Å². The molecule has 114 valence electrons. The molecule has 1 aromatic rings. The van der Waals surface area contributed by atoms with Crippen molar-refractivity contribution in [2.75, 3.05) is 5.32 Å². The second-order valence-corrected chi connectivity index (χ2v) is 3.36. The van der Waals surface area contributed by atoms with Crippen LogP contribution in [0.4, 0.5) is 41.1 Å². The highest BCUT2D eigenvalue weighted by molar-refractivity contribution is 5.95. The first-order valence-corrected chi connectivity index (χ1v) is 4.53. The fourth-order valence-corrected chi connectivity index (χ4v) is 0.941. The summed E-state index contributed by atoms with van der Waals surface area (Å²) in [7, 11) is 0. The lowest BCUT2D eigenvalue weighted by molar-refractivity contribution is -0.326. The number of aromatic nitrogens is 3. The Balaban J connectivity index is 3.04. The van der Waals surface area contributed by atoms with Crippen LogP contribution in [0.5, 0.6) is 0 Å². The number of hydrogen-bond acceptors (Lipinski definition) is 3. The van der Waals surface area contributed by atoms with Crippen molar-refractivity contribution in [2.45, 2.75) is 24.2 Å². The van der Waals surface area contributed by atoms with E-state index in [0.717, 1.165) is 5.32 Å². The molecule has 0 aliphatic carbocycles. The lowest BCUT2D eigenvalue weighted by atomic mass is 10.0. The Labute approximate surface area is 104 Å². The van der Waals surface area contributed by atoms with Gasteiger partial charge in [-0.2, -0.15) is 36.4 Å². The molecule has 0 aliphatic heterocycles. The molecule has 0 aliphatic rings. The Kier molecular flexibility index (Phi) is 3.92. The molecule has 0 saturated heterocycles. The summed E-state index contributed by atoms with van der Waals surface area (Å²) in [5.41, 5.74) is 0. The molecule has 5 nitrogen and oxygen atoms in total. The fourth-order valence-electron chi connectivity index (χ4n) is 0.941. The highest BCUT2D eigenvalue weighted by atomic mass is 19.4. The Morgan fingerprint density at radius 1 is 1.20 bits per heavy atom. The average Bonchev–Trinajstić information content (AvgIpc) is 2.80. The SMILES string of the molecule is O=C(Nc1ncn[nH]1)C(F)(F)C(F)(F)C(F)(F)C(F)F. The summed E-state index contributed by atoms with van der Waals surface area (Å²) in [5.74, 6) is -22.9. The van der Waals surface area contributed by atoms with Gasteiger partial charge in [0.25, 0.3) is 0 Å². The predicted molar refractivity (Wildman–Crippen MR) is 45.9 cm³/mol. The van der Waals surface area contributed by atoms with E-state index < -0.39 is 36.0 Å². The molecule has 1 rings (SSSR count). The van der Waals surface area contributed by atoms with Gasteiger partial charge in [-0.3, -0.25) is 10.1 Å².